The van der Waals surface area contributed by atoms with E-state index in [9.17, 15) is 4.79 Å². The maximum Gasteiger partial charge on any atom is 0.315 e. The summed E-state index contributed by atoms with van der Waals surface area (Å²) in [6.07, 6.45) is 10.4. The first-order valence-corrected chi connectivity index (χ1v) is 7.28. The predicted octanol–water partition coefficient (Wildman–Crippen LogP) is 3.75. The Bertz CT molecular complexity index is 276. The smallest absolute Gasteiger partial charge is 0.315 e. The molecule has 0 aromatic carbocycles. The van der Waals surface area contributed by atoms with Crippen molar-refractivity contribution in [2.45, 2.75) is 77.8 Å². The number of allylic oxidation sites excluding steroid dienone is 2. The fourth-order valence-corrected chi connectivity index (χ4v) is 2.39. The van der Waals surface area contributed by atoms with Gasteiger partial charge in [-0.05, 0) is 46.5 Å². The third-order valence-electron chi connectivity index (χ3n) is 3.47. The second-order valence-electron chi connectivity index (χ2n) is 5.71. The first kappa shape index (κ1) is 15.1. The number of hydrogen-bond donors (Lipinski definition) is 2. The number of amides is 2. The molecule has 0 saturated heterocycles. The zero-order chi connectivity index (χ0) is 13.4. The van der Waals surface area contributed by atoms with Crippen LogP contribution in [0.15, 0.2) is 11.6 Å². The van der Waals surface area contributed by atoms with E-state index in [1.165, 1.54) is 24.8 Å². The molecular weight excluding hydrogens is 224 g/mol. The van der Waals surface area contributed by atoms with E-state index in [1.54, 1.807) is 0 Å². The molecule has 1 aliphatic carbocycles. The molecule has 1 aliphatic rings. The molecule has 3 heteroatoms. The number of hydrogen-bond acceptors (Lipinski definition) is 1. The van der Waals surface area contributed by atoms with Crippen LogP contribution in [0.5, 0.6) is 0 Å². The lowest BCUT2D eigenvalue weighted by molar-refractivity contribution is 0.229. The number of rotatable bonds is 5. The maximum atomic E-state index is 11.8. The van der Waals surface area contributed by atoms with E-state index in [-0.39, 0.29) is 12.1 Å². The molecule has 0 aromatic heterocycles. The van der Waals surface area contributed by atoms with Gasteiger partial charge in [0, 0.05) is 12.1 Å². The van der Waals surface area contributed by atoms with Gasteiger partial charge in [-0.15, -0.1) is 0 Å². The highest BCUT2D eigenvalue weighted by molar-refractivity contribution is 5.74. The standard InChI is InChI=1S/C15H28N2O/c1-12(2)8-7-9-13(3)16-15(18)17-14-10-5-4-6-11-14/h8,13-14H,4-7,9-11H2,1-3H3,(H2,16,17,18)/t13-/m1/s1. The summed E-state index contributed by atoms with van der Waals surface area (Å²) in [7, 11) is 0. The Morgan fingerprint density at radius 1 is 1.28 bits per heavy atom. The maximum absolute atomic E-state index is 11.8. The molecule has 18 heavy (non-hydrogen) atoms. The van der Waals surface area contributed by atoms with Crippen LogP contribution in [0.2, 0.25) is 0 Å². The summed E-state index contributed by atoms with van der Waals surface area (Å²) in [6, 6.07) is 0.638. The van der Waals surface area contributed by atoms with Crippen LogP contribution in [0.4, 0.5) is 4.79 Å². The van der Waals surface area contributed by atoms with E-state index in [0.29, 0.717) is 6.04 Å². The van der Waals surface area contributed by atoms with Gasteiger partial charge in [0.05, 0.1) is 0 Å². The summed E-state index contributed by atoms with van der Waals surface area (Å²) >= 11 is 0. The van der Waals surface area contributed by atoms with Gasteiger partial charge < -0.3 is 10.6 Å². The summed E-state index contributed by atoms with van der Waals surface area (Å²) in [5.41, 5.74) is 1.34. The second kappa shape index (κ2) is 8.17. The van der Waals surface area contributed by atoms with Crippen LogP contribution in [-0.4, -0.2) is 18.1 Å². The molecule has 3 nitrogen and oxygen atoms in total. The van der Waals surface area contributed by atoms with E-state index in [4.69, 9.17) is 0 Å². The minimum absolute atomic E-state index is 0.00611. The summed E-state index contributed by atoms with van der Waals surface area (Å²) in [5, 5.41) is 6.11. The van der Waals surface area contributed by atoms with E-state index >= 15 is 0 Å². The monoisotopic (exact) mass is 252 g/mol. The lowest BCUT2D eigenvalue weighted by Crippen LogP contribution is -2.45. The summed E-state index contributed by atoms with van der Waals surface area (Å²) in [6.45, 7) is 6.28. The Balaban J connectivity index is 2.16. The van der Waals surface area contributed by atoms with Crippen molar-refractivity contribution in [3.05, 3.63) is 11.6 Å². The highest BCUT2D eigenvalue weighted by atomic mass is 16.2. The second-order valence-corrected chi connectivity index (χ2v) is 5.71. The third kappa shape index (κ3) is 6.67. The van der Waals surface area contributed by atoms with Crippen LogP contribution < -0.4 is 10.6 Å². The molecule has 0 aliphatic heterocycles. The van der Waals surface area contributed by atoms with Crippen LogP contribution >= 0.6 is 0 Å². The fraction of sp³-hybridized carbons (Fsp3) is 0.800. The average Bonchev–Trinajstić information content (AvgIpc) is 2.29. The predicted molar refractivity (Wildman–Crippen MR) is 76.7 cm³/mol. The summed E-state index contributed by atoms with van der Waals surface area (Å²) in [4.78, 5) is 11.8. The molecule has 0 unspecified atom stereocenters. The topological polar surface area (TPSA) is 41.1 Å². The highest BCUT2D eigenvalue weighted by Crippen LogP contribution is 2.17. The zero-order valence-electron chi connectivity index (χ0n) is 12.1. The van der Waals surface area contributed by atoms with Crippen LogP contribution in [0.1, 0.15) is 65.7 Å². The number of carbonyl (C=O) groups is 1. The van der Waals surface area contributed by atoms with Crippen molar-refractivity contribution in [1.29, 1.82) is 0 Å². The number of urea groups is 1. The molecule has 0 bridgehead atoms. The SMILES string of the molecule is CC(C)=CCC[C@@H](C)NC(=O)NC1CCCCC1. The van der Waals surface area contributed by atoms with Gasteiger partial charge in [0.1, 0.15) is 0 Å². The van der Waals surface area contributed by atoms with Gasteiger partial charge in [0.15, 0.2) is 0 Å². The van der Waals surface area contributed by atoms with Gasteiger partial charge in [0.25, 0.3) is 0 Å². The van der Waals surface area contributed by atoms with Crippen LogP contribution in [0, 0.1) is 0 Å². The van der Waals surface area contributed by atoms with Crippen molar-refractivity contribution in [2.24, 2.45) is 0 Å². The van der Waals surface area contributed by atoms with Gasteiger partial charge in [-0.1, -0.05) is 30.9 Å². The lowest BCUT2D eigenvalue weighted by atomic mass is 9.96. The van der Waals surface area contributed by atoms with E-state index in [0.717, 1.165) is 25.7 Å². The lowest BCUT2D eigenvalue weighted by Gasteiger charge is -2.24. The van der Waals surface area contributed by atoms with E-state index in [1.807, 2.05) is 0 Å². The number of nitrogens with one attached hydrogen (secondary N) is 2. The van der Waals surface area contributed by atoms with Crippen LogP contribution in [0.3, 0.4) is 0 Å². The van der Waals surface area contributed by atoms with Crippen molar-refractivity contribution >= 4 is 6.03 Å². The van der Waals surface area contributed by atoms with Crippen molar-refractivity contribution in [2.75, 3.05) is 0 Å². The van der Waals surface area contributed by atoms with E-state index < -0.39 is 0 Å². The third-order valence-corrected chi connectivity index (χ3v) is 3.47. The average molecular weight is 252 g/mol. The van der Waals surface area contributed by atoms with Gasteiger partial charge in [0.2, 0.25) is 0 Å². The molecule has 1 atom stereocenters. The normalized spacial score (nSPS) is 17.9. The fourth-order valence-electron chi connectivity index (χ4n) is 2.39. The molecule has 2 amide bonds. The minimum Gasteiger partial charge on any atom is -0.336 e. The Hall–Kier alpha value is -0.990. The Kier molecular flexibility index (Phi) is 6.84. The molecule has 0 spiro atoms. The number of carbonyl (C=O) groups excluding carboxylic acids is 1. The van der Waals surface area contributed by atoms with Gasteiger partial charge >= 0.3 is 6.03 Å². The first-order valence-electron chi connectivity index (χ1n) is 7.28. The summed E-state index contributed by atoms with van der Waals surface area (Å²) in [5.74, 6) is 0. The van der Waals surface area contributed by atoms with Crippen molar-refractivity contribution in [3.63, 3.8) is 0 Å². The molecule has 1 rings (SSSR count). The largest absolute Gasteiger partial charge is 0.336 e. The van der Waals surface area contributed by atoms with Crippen molar-refractivity contribution < 1.29 is 4.79 Å². The van der Waals surface area contributed by atoms with Crippen molar-refractivity contribution in [3.8, 4) is 0 Å². The minimum atomic E-state index is 0.00611. The molecule has 1 fully saturated rings. The molecule has 0 aromatic rings. The van der Waals surface area contributed by atoms with Gasteiger partial charge in [-0.3, -0.25) is 0 Å². The molecule has 0 heterocycles. The van der Waals surface area contributed by atoms with Crippen LogP contribution in [0.25, 0.3) is 0 Å². The highest BCUT2D eigenvalue weighted by Gasteiger charge is 2.16. The quantitative estimate of drug-likeness (QED) is 0.719. The molecule has 1 saturated carbocycles. The van der Waals surface area contributed by atoms with Crippen molar-refractivity contribution in [1.82, 2.24) is 10.6 Å². The molecule has 0 radical (unpaired) electrons. The summed E-state index contributed by atoms with van der Waals surface area (Å²) < 4.78 is 0. The Morgan fingerprint density at radius 2 is 1.94 bits per heavy atom. The van der Waals surface area contributed by atoms with Gasteiger partial charge in [-0.2, -0.15) is 0 Å². The van der Waals surface area contributed by atoms with Gasteiger partial charge in [-0.25, -0.2) is 4.79 Å². The van der Waals surface area contributed by atoms with E-state index in [2.05, 4.69) is 37.5 Å². The Morgan fingerprint density at radius 3 is 2.56 bits per heavy atom. The molecule has 2 N–H and O–H groups in total. The zero-order valence-corrected chi connectivity index (χ0v) is 12.1. The first-order chi connectivity index (χ1) is 8.58. The van der Waals surface area contributed by atoms with Crippen LogP contribution in [-0.2, 0) is 0 Å². The Labute approximate surface area is 111 Å². The molecular formula is C15H28N2O. The molecule has 104 valence electrons.